The Labute approximate surface area is 166 Å². The Kier molecular flexibility index (Phi) is 5.45. The molecule has 2 saturated heterocycles. The lowest BCUT2D eigenvalue weighted by Crippen LogP contribution is -2.46. The Bertz CT molecular complexity index is 897. The van der Waals surface area contributed by atoms with E-state index >= 15 is 0 Å². The van der Waals surface area contributed by atoms with Gasteiger partial charge < -0.3 is 10.2 Å². The van der Waals surface area contributed by atoms with Crippen LogP contribution in [0.4, 0.5) is 5.69 Å². The van der Waals surface area contributed by atoms with Crippen LogP contribution < -0.4 is 5.32 Å². The smallest absolute Gasteiger partial charge is 0.237 e. The van der Waals surface area contributed by atoms with E-state index in [0.29, 0.717) is 12.6 Å². The van der Waals surface area contributed by atoms with E-state index in [1.165, 1.54) is 11.3 Å². The molecule has 0 radical (unpaired) electrons. The van der Waals surface area contributed by atoms with Gasteiger partial charge in [-0.25, -0.2) is 0 Å². The summed E-state index contributed by atoms with van der Waals surface area (Å²) < 4.78 is 0. The zero-order chi connectivity index (χ0) is 19.5. The van der Waals surface area contributed by atoms with Crippen molar-refractivity contribution < 1.29 is 4.79 Å². The second kappa shape index (κ2) is 8.15. The SMILES string of the molecule is Cc1ccc2ncccc2c1NC1CCN(CC(=O)N2CCCC2C#N)CC1. The highest BCUT2D eigenvalue weighted by Gasteiger charge is 2.30. The molecule has 1 amide bonds. The molecule has 1 unspecified atom stereocenters. The van der Waals surface area contributed by atoms with Gasteiger partial charge in [-0.05, 0) is 56.4 Å². The van der Waals surface area contributed by atoms with Crippen LogP contribution in [-0.2, 0) is 4.79 Å². The van der Waals surface area contributed by atoms with Crippen molar-refractivity contribution in [3.8, 4) is 6.07 Å². The molecule has 0 bridgehead atoms. The first kappa shape index (κ1) is 18.7. The van der Waals surface area contributed by atoms with E-state index in [1.54, 1.807) is 4.90 Å². The van der Waals surface area contributed by atoms with Crippen LogP contribution in [0.25, 0.3) is 10.9 Å². The number of hydrogen-bond donors (Lipinski definition) is 1. The molecule has 146 valence electrons. The number of amides is 1. The van der Waals surface area contributed by atoms with Gasteiger partial charge in [-0.3, -0.25) is 14.7 Å². The third-order valence-corrected chi connectivity index (χ3v) is 6.01. The van der Waals surface area contributed by atoms with Crippen molar-refractivity contribution in [1.29, 1.82) is 5.26 Å². The zero-order valence-corrected chi connectivity index (χ0v) is 16.4. The van der Waals surface area contributed by atoms with E-state index < -0.39 is 0 Å². The summed E-state index contributed by atoms with van der Waals surface area (Å²) in [6.45, 7) is 5.09. The van der Waals surface area contributed by atoms with Crippen LogP contribution in [-0.4, -0.2) is 59.0 Å². The molecule has 1 aromatic heterocycles. The van der Waals surface area contributed by atoms with Gasteiger partial charge >= 0.3 is 0 Å². The van der Waals surface area contributed by atoms with Crippen LogP contribution in [0.2, 0.25) is 0 Å². The highest BCUT2D eigenvalue weighted by molar-refractivity contribution is 5.93. The van der Waals surface area contributed by atoms with Gasteiger partial charge in [0.05, 0.1) is 18.1 Å². The average molecular weight is 377 g/mol. The van der Waals surface area contributed by atoms with Gasteiger partial charge in [-0.15, -0.1) is 0 Å². The van der Waals surface area contributed by atoms with Crippen molar-refractivity contribution in [2.24, 2.45) is 0 Å². The largest absolute Gasteiger partial charge is 0.381 e. The molecule has 0 aliphatic carbocycles. The molecule has 4 rings (SSSR count). The number of nitrogens with one attached hydrogen (secondary N) is 1. The maximum atomic E-state index is 12.6. The van der Waals surface area contributed by atoms with E-state index in [2.05, 4.69) is 46.4 Å². The fraction of sp³-hybridized carbons (Fsp3) is 0.500. The fourth-order valence-corrected chi connectivity index (χ4v) is 4.37. The Morgan fingerprint density at radius 2 is 2.07 bits per heavy atom. The third kappa shape index (κ3) is 3.81. The monoisotopic (exact) mass is 377 g/mol. The first-order valence-electron chi connectivity index (χ1n) is 10.2. The quantitative estimate of drug-likeness (QED) is 0.887. The number of fused-ring (bicyclic) bond motifs is 1. The Morgan fingerprint density at radius 1 is 1.25 bits per heavy atom. The van der Waals surface area contributed by atoms with E-state index in [-0.39, 0.29) is 11.9 Å². The number of aromatic nitrogens is 1. The van der Waals surface area contributed by atoms with Gasteiger partial charge in [-0.1, -0.05) is 6.07 Å². The van der Waals surface area contributed by atoms with Crippen LogP contribution in [0, 0.1) is 18.3 Å². The van der Waals surface area contributed by atoms with Crippen LogP contribution in [0.1, 0.15) is 31.2 Å². The number of nitrogens with zero attached hydrogens (tertiary/aromatic N) is 4. The second-order valence-electron chi connectivity index (χ2n) is 7.90. The summed E-state index contributed by atoms with van der Waals surface area (Å²) in [6.07, 6.45) is 5.59. The van der Waals surface area contributed by atoms with Crippen molar-refractivity contribution >= 4 is 22.5 Å². The summed E-state index contributed by atoms with van der Waals surface area (Å²) in [5.41, 5.74) is 3.42. The standard InChI is InChI=1S/C22H27N5O/c1-16-6-7-20-19(5-2-10-24-20)22(16)25-17-8-12-26(13-9-17)15-21(28)27-11-3-4-18(27)14-23/h2,5-7,10,17-18,25H,3-4,8-9,11-13,15H2,1H3. The highest BCUT2D eigenvalue weighted by atomic mass is 16.2. The topological polar surface area (TPSA) is 72.3 Å². The van der Waals surface area contributed by atoms with Crippen LogP contribution in [0.3, 0.4) is 0 Å². The van der Waals surface area contributed by atoms with E-state index in [4.69, 9.17) is 0 Å². The number of rotatable bonds is 4. The number of carbonyl (C=O) groups is 1. The van der Waals surface area contributed by atoms with Crippen molar-refractivity contribution in [3.63, 3.8) is 0 Å². The lowest BCUT2D eigenvalue weighted by molar-refractivity contribution is -0.132. The van der Waals surface area contributed by atoms with Crippen molar-refractivity contribution in [3.05, 3.63) is 36.0 Å². The van der Waals surface area contributed by atoms with Gasteiger partial charge in [0.1, 0.15) is 6.04 Å². The van der Waals surface area contributed by atoms with Gasteiger partial charge in [0.25, 0.3) is 0 Å². The van der Waals surface area contributed by atoms with E-state index in [9.17, 15) is 10.1 Å². The average Bonchev–Trinajstić information content (AvgIpc) is 3.20. The molecule has 6 nitrogen and oxygen atoms in total. The number of piperidine rings is 1. The van der Waals surface area contributed by atoms with Gasteiger partial charge in [0.15, 0.2) is 0 Å². The van der Waals surface area contributed by atoms with E-state index in [0.717, 1.165) is 56.2 Å². The maximum absolute atomic E-state index is 12.6. The minimum atomic E-state index is -0.227. The Morgan fingerprint density at radius 3 is 2.86 bits per heavy atom. The fourth-order valence-electron chi connectivity index (χ4n) is 4.37. The van der Waals surface area contributed by atoms with E-state index in [1.807, 2.05) is 12.3 Å². The number of nitriles is 1. The molecule has 1 N–H and O–H groups in total. The lowest BCUT2D eigenvalue weighted by Gasteiger charge is -2.34. The number of carbonyl (C=O) groups excluding carboxylic acids is 1. The number of pyridine rings is 1. The molecule has 3 heterocycles. The van der Waals surface area contributed by atoms with Crippen molar-refractivity contribution in [2.45, 2.75) is 44.7 Å². The van der Waals surface area contributed by atoms with Crippen molar-refractivity contribution in [1.82, 2.24) is 14.8 Å². The minimum Gasteiger partial charge on any atom is -0.381 e. The first-order valence-corrected chi connectivity index (χ1v) is 10.2. The predicted molar refractivity (Wildman–Crippen MR) is 110 cm³/mol. The summed E-state index contributed by atoms with van der Waals surface area (Å²) >= 11 is 0. The normalized spacial score (nSPS) is 21.0. The molecule has 1 atom stereocenters. The molecule has 2 aliphatic rings. The minimum absolute atomic E-state index is 0.103. The number of hydrogen-bond acceptors (Lipinski definition) is 5. The second-order valence-corrected chi connectivity index (χ2v) is 7.90. The summed E-state index contributed by atoms with van der Waals surface area (Å²) in [4.78, 5) is 21.0. The van der Waals surface area contributed by atoms with Gasteiger partial charge in [0, 0.05) is 42.9 Å². The predicted octanol–water partition coefficient (Wildman–Crippen LogP) is 2.93. The Balaban J connectivity index is 1.35. The molecular weight excluding hydrogens is 350 g/mol. The molecule has 2 aromatic rings. The molecule has 1 aromatic carbocycles. The maximum Gasteiger partial charge on any atom is 0.237 e. The summed E-state index contributed by atoms with van der Waals surface area (Å²) in [7, 11) is 0. The summed E-state index contributed by atoms with van der Waals surface area (Å²) in [6, 6.07) is 10.7. The van der Waals surface area contributed by atoms with Gasteiger partial charge in [0.2, 0.25) is 5.91 Å². The van der Waals surface area contributed by atoms with Crippen LogP contribution in [0.15, 0.2) is 30.5 Å². The molecule has 0 saturated carbocycles. The molecular formula is C22H27N5O. The Hall–Kier alpha value is -2.65. The summed E-state index contributed by atoms with van der Waals surface area (Å²) in [5, 5.41) is 14.1. The number of benzene rings is 1. The molecule has 2 aliphatic heterocycles. The molecule has 0 spiro atoms. The first-order chi connectivity index (χ1) is 13.7. The number of aryl methyl sites for hydroxylation is 1. The molecule has 2 fully saturated rings. The number of anilines is 1. The zero-order valence-electron chi connectivity index (χ0n) is 16.4. The number of likely N-dealkylation sites (tertiary alicyclic amines) is 2. The highest BCUT2D eigenvalue weighted by Crippen LogP contribution is 2.28. The van der Waals surface area contributed by atoms with Crippen LogP contribution >= 0.6 is 0 Å². The summed E-state index contributed by atoms with van der Waals surface area (Å²) in [5.74, 6) is 0.103. The third-order valence-electron chi connectivity index (χ3n) is 6.01. The molecule has 6 heteroatoms. The lowest BCUT2D eigenvalue weighted by atomic mass is 10.0. The molecule has 28 heavy (non-hydrogen) atoms. The van der Waals surface area contributed by atoms with Gasteiger partial charge in [-0.2, -0.15) is 5.26 Å². The van der Waals surface area contributed by atoms with Crippen LogP contribution in [0.5, 0.6) is 0 Å². The van der Waals surface area contributed by atoms with Crippen molar-refractivity contribution in [2.75, 3.05) is 31.5 Å².